The fraction of sp³-hybridized carbons (Fsp3) is 0.176. The van der Waals surface area contributed by atoms with Crippen LogP contribution in [0.25, 0.3) is 0 Å². The maximum Gasteiger partial charge on any atom is 0.166 e. The fourth-order valence-corrected chi connectivity index (χ4v) is 2.41. The van der Waals surface area contributed by atoms with Crippen LogP contribution in [0, 0.1) is 11.8 Å². The minimum atomic E-state index is -0.130. The smallest absolute Gasteiger partial charge is 0.166 e. The van der Waals surface area contributed by atoms with E-state index in [1.807, 2.05) is 60.7 Å². The molecule has 0 radical (unpaired) electrons. The Morgan fingerprint density at radius 3 is 1.42 bits per heavy atom. The zero-order chi connectivity index (χ0) is 13.2. The number of hydrogen-bond donors (Lipinski definition) is 0. The highest BCUT2D eigenvalue weighted by Gasteiger charge is 2.47. The number of benzene rings is 2. The molecule has 2 aromatic rings. The number of ketones is 2. The van der Waals surface area contributed by atoms with Gasteiger partial charge in [-0.1, -0.05) is 60.7 Å². The van der Waals surface area contributed by atoms with Gasteiger partial charge >= 0.3 is 0 Å². The van der Waals surface area contributed by atoms with Crippen molar-refractivity contribution in [2.24, 2.45) is 11.8 Å². The van der Waals surface area contributed by atoms with Crippen LogP contribution in [-0.2, 0) is 0 Å². The van der Waals surface area contributed by atoms with Crippen LogP contribution < -0.4 is 0 Å². The van der Waals surface area contributed by atoms with Crippen molar-refractivity contribution in [1.82, 2.24) is 0 Å². The summed E-state index contributed by atoms with van der Waals surface area (Å²) in [6.07, 6.45) is 0.682. The van der Waals surface area contributed by atoms with E-state index in [-0.39, 0.29) is 23.4 Å². The molecule has 1 saturated carbocycles. The van der Waals surface area contributed by atoms with Crippen molar-refractivity contribution in [3.63, 3.8) is 0 Å². The van der Waals surface area contributed by atoms with E-state index in [0.29, 0.717) is 17.5 Å². The molecule has 2 atom stereocenters. The van der Waals surface area contributed by atoms with Gasteiger partial charge in [0.1, 0.15) is 0 Å². The average molecular weight is 250 g/mol. The molecule has 2 nitrogen and oxygen atoms in total. The molecule has 19 heavy (non-hydrogen) atoms. The van der Waals surface area contributed by atoms with Crippen LogP contribution in [0.5, 0.6) is 0 Å². The third kappa shape index (κ3) is 2.34. The Balaban J connectivity index is 1.72. The van der Waals surface area contributed by atoms with Crippen molar-refractivity contribution in [1.29, 1.82) is 0 Å². The molecule has 0 saturated heterocycles. The molecule has 0 heterocycles. The second-order valence-corrected chi connectivity index (χ2v) is 4.91. The number of hydrogen-bond acceptors (Lipinski definition) is 2. The van der Waals surface area contributed by atoms with Crippen molar-refractivity contribution >= 4 is 11.6 Å². The predicted molar refractivity (Wildman–Crippen MR) is 73.1 cm³/mol. The molecule has 2 aromatic carbocycles. The third-order valence-electron chi connectivity index (χ3n) is 3.58. The first kappa shape index (κ1) is 11.8. The quantitative estimate of drug-likeness (QED) is 0.779. The second kappa shape index (κ2) is 4.81. The summed E-state index contributed by atoms with van der Waals surface area (Å²) in [4.78, 5) is 24.4. The molecule has 1 aliphatic rings. The van der Waals surface area contributed by atoms with Crippen LogP contribution in [0.1, 0.15) is 27.1 Å². The zero-order valence-electron chi connectivity index (χ0n) is 10.5. The molecule has 0 amide bonds. The predicted octanol–water partition coefficient (Wildman–Crippen LogP) is 3.39. The van der Waals surface area contributed by atoms with Crippen molar-refractivity contribution < 1.29 is 9.59 Å². The summed E-state index contributed by atoms with van der Waals surface area (Å²) in [5, 5.41) is 0. The van der Waals surface area contributed by atoms with Crippen molar-refractivity contribution in [3.8, 4) is 0 Å². The summed E-state index contributed by atoms with van der Waals surface area (Å²) < 4.78 is 0. The van der Waals surface area contributed by atoms with Gasteiger partial charge in [0.25, 0.3) is 0 Å². The standard InChI is InChI=1S/C17H14O2/c18-16(12-7-3-1-4-8-12)14-11-15(14)17(19)13-9-5-2-6-10-13/h1-10,14-15H,11H2/t14-,15-/m0/s1. The van der Waals surface area contributed by atoms with E-state index in [2.05, 4.69) is 0 Å². The normalized spacial score (nSPS) is 20.8. The van der Waals surface area contributed by atoms with Gasteiger partial charge < -0.3 is 0 Å². The molecule has 1 aliphatic carbocycles. The Labute approximate surface area is 112 Å². The lowest BCUT2D eigenvalue weighted by Gasteiger charge is -2.01. The topological polar surface area (TPSA) is 34.1 Å². The fourth-order valence-electron chi connectivity index (χ4n) is 2.41. The number of rotatable bonds is 4. The minimum Gasteiger partial charge on any atom is -0.294 e. The molecular weight excluding hydrogens is 236 g/mol. The molecule has 0 unspecified atom stereocenters. The Bertz CT molecular complexity index is 546. The molecular formula is C17H14O2. The summed E-state index contributed by atoms with van der Waals surface area (Å²) in [6, 6.07) is 18.4. The maximum absolute atomic E-state index is 12.2. The van der Waals surface area contributed by atoms with E-state index in [4.69, 9.17) is 0 Å². The summed E-state index contributed by atoms with van der Waals surface area (Å²) in [6.45, 7) is 0. The Hall–Kier alpha value is -2.22. The highest BCUT2D eigenvalue weighted by Crippen LogP contribution is 2.43. The maximum atomic E-state index is 12.2. The van der Waals surface area contributed by atoms with Gasteiger partial charge in [-0.25, -0.2) is 0 Å². The van der Waals surface area contributed by atoms with Gasteiger partial charge in [0.2, 0.25) is 0 Å². The molecule has 0 aromatic heterocycles. The molecule has 0 aliphatic heterocycles. The lowest BCUT2D eigenvalue weighted by Crippen LogP contribution is -2.09. The van der Waals surface area contributed by atoms with Crippen molar-refractivity contribution in [2.45, 2.75) is 6.42 Å². The van der Waals surface area contributed by atoms with Crippen molar-refractivity contribution in [3.05, 3.63) is 71.8 Å². The van der Waals surface area contributed by atoms with Crippen molar-refractivity contribution in [2.75, 3.05) is 0 Å². The van der Waals surface area contributed by atoms with Gasteiger partial charge in [0.15, 0.2) is 11.6 Å². The first-order valence-electron chi connectivity index (χ1n) is 6.46. The van der Waals surface area contributed by atoms with E-state index in [1.54, 1.807) is 0 Å². The summed E-state index contributed by atoms with van der Waals surface area (Å²) in [5.74, 6) is -0.0741. The zero-order valence-corrected chi connectivity index (χ0v) is 10.5. The van der Waals surface area contributed by atoms with E-state index in [0.717, 1.165) is 0 Å². The van der Waals surface area contributed by atoms with Crippen LogP contribution in [0.4, 0.5) is 0 Å². The van der Waals surface area contributed by atoms with E-state index >= 15 is 0 Å². The highest BCUT2D eigenvalue weighted by molar-refractivity contribution is 6.08. The van der Waals surface area contributed by atoms with E-state index in [9.17, 15) is 9.59 Å². The number of carbonyl (C=O) groups is 2. The molecule has 94 valence electrons. The monoisotopic (exact) mass is 250 g/mol. The number of carbonyl (C=O) groups excluding carboxylic acids is 2. The van der Waals surface area contributed by atoms with Gasteiger partial charge in [-0.15, -0.1) is 0 Å². The van der Waals surface area contributed by atoms with Crippen LogP contribution >= 0.6 is 0 Å². The lowest BCUT2D eigenvalue weighted by molar-refractivity contribution is 0.0906. The van der Waals surface area contributed by atoms with Crippen LogP contribution in [-0.4, -0.2) is 11.6 Å². The molecule has 0 spiro atoms. The van der Waals surface area contributed by atoms with Gasteiger partial charge in [-0.3, -0.25) is 9.59 Å². The third-order valence-corrected chi connectivity index (χ3v) is 3.58. The Kier molecular flexibility index (Phi) is 3.00. The summed E-state index contributed by atoms with van der Waals surface area (Å²) in [5.41, 5.74) is 1.41. The average Bonchev–Trinajstić information content (AvgIpc) is 3.28. The van der Waals surface area contributed by atoms with Gasteiger partial charge in [0.05, 0.1) is 0 Å². The largest absolute Gasteiger partial charge is 0.294 e. The van der Waals surface area contributed by atoms with Gasteiger partial charge in [0, 0.05) is 23.0 Å². The molecule has 0 N–H and O–H groups in total. The van der Waals surface area contributed by atoms with Crippen LogP contribution in [0.2, 0.25) is 0 Å². The second-order valence-electron chi connectivity index (χ2n) is 4.91. The van der Waals surface area contributed by atoms with Gasteiger partial charge in [-0.2, -0.15) is 0 Å². The SMILES string of the molecule is O=C(c1ccccc1)[C@H]1C[C@@H]1C(=O)c1ccccc1. The summed E-state index contributed by atoms with van der Waals surface area (Å²) >= 11 is 0. The Morgan fingerprint density at radius 2 is 1.05 bits per heavy atom. The Morgan fingerprint density at radius 1 is 0.684 bits per heavy atom. The van der Waals surface area contributed by atoms with Crippen LogP contribution in [0.3, 0.4) is 0 Å². The summed E-state index contributed by atoms with van der Waals surface area (Å²) in [7, 11) is 0. The first-order chi connectivity index (χ1) is 9.27. The van der Waals surface area contributed by atoms with Crippen LogP contribution in [0.15, 0.2) is 60.7 Å². The minimum absolute atomic E-state index is 0.0925. The number of Topliss-reactive ketones (excluding diaryl/α,β-unsaturated/α-hetero) is 2. The van der Waals surface area contributed by atoms with E-state index in [1.165, 1.54) is 0 Å². The molecule has 0 bridgehead atoms. The van der Waals surface area contributed by atoms with Gasteiger partial charge in [-0.05, 0) is 6.42 Å². The molecule has 2 heteroatoms. The molecule has 1 fully saturated rings. The lowest BCUT2D eigenvalue weighted by atomic mass is 10.0. The first-order valence-corrected chi connectivity index (χ1v) is 6.46. The molecule has 3 rings (SSSR count). The highest BCUT2D eigenvalue weighted by atomic mass is 16.1. The van der Waals surface area contributed by atoms with E-state index < -0.39 is 0 Å².